The van der Waals surface area contributed by atoms with Crippen molar-refractivity contribution >= 4 is 11.3 Å². The second kappa shape index (κ2) is 7.06. The fourth-order valence-corrected chi connectivity index (χ4v) is 2.66. The Hall–Kier alpha value is -0.490. The van der Waals surface area contributed by atoms with Gasteiger partial charge in [0.15, 0.2) is 0 Å². The van der Waals surface area contributed by atoms with Gasteiger partial charge in [-0.25, -0.2) is 4.98 Å². The number of rotatable bonds is 5. The van der Waals surface area contributed by atoms with Gasteiger partial charge in [0, 0.05) is 38.1 Å². The zero-order valence-corrected chi connectivity index (χ0v) is 11.4. The maximum absolute atomic E-state index is 4.32. The molecule has 0 aliphatic carbocycles. The largest absolute Gasteiger partial charge is 0.315 e. The van der Waals surface area contributed by atoms with Gasteiger partial charge in [0.05, 0.1) is 11.2 Å². The Bertz CT molecular complexity index is 293. The van der Waals surface area contributed by atoms with Crippen LogP contribution in [0.3, 0.4) is 0 Å². The third-order valence-corrected chi connectivity index (χ3v) is 3.78. The molecule has 1 N–H and O–H groups in total. The van der Waals surface area contributed by atoms with Crippen molar-refractivity contribution in [3.05, 3.63) is 16.6 Å². The van der Waals surface area contributed by atoms with Crippen LogP contribution in [0.15, 0.2) is 10.9 Å². The lowest BCUT2D eigenvalue weighted by Gasteiger charge is -2.23. The van der Waals surface area contributed by atoms with E-state index in [1.807, 2.05) is 5.51 Å². The summed E-state index contributed by atoms with van der Waals surface area (Å²) in [5.74, 6) is 0. The monoisotopic (exact) mass is 254 g/mol. The molecule has 0 aromatic carbocycles. The van der Waals surface area contributed by atoms with Crippen molar-refractivity contribution in [1.29, 1.82) is 0 Å². The van der Waals surface area contributed by atoms with Crippen molar-refractivity contribution in [2.24, 2.45) is 0 Å². The molecule has 1 aliphatic rings. The molecule has 0 saturated carbocycles. The van der Waals surface area contributed by atoms with Gasteiger partial charge >= 0.3 is 0 Å². The number of nitrogens with zero attached hydrogens (tertiary/aromatic N) is 3. The van der Waals surface area contributed by atoms with E-state index in [0.29, 0.717) is 0 Å². The highest BCUT2D eigenvalue weighted by molar-refractivity contribution is 7.07. The highest BCUT2D eigenvalue weighted by Crippen LogP contribution is 2.04. The van der Waals surface area contributed by atoms with Crippen LogP contribution in [0.25, 0.3) is 0 Å². The molecule has 1 saturated heterocycles. The predicted octanol–water partition coefficient (Wildman–Crippen LogP) is 0.870. The molecule has 0 amide bonds. The zero-order chi connectivity index (χ0) is 11.9. The van der Waals surface area contributed by atoms with Crippen LogP contribution in [0, 0.1) is 0 Å². The van der Waals surface area contributed by atoms with Crippen LogP contribution in [0.2, 0.25) is 0 Å². The van der Waals surface area contributed by atoms with E-state index in [4.69, 9.17) is 0 Å². The summed E-state index contributed by atoms with van der Waals surface area (Å²) in [7, 11) is 2.18. The molecule has 0 atom stereocenters. The van der Waals surface area contributed by atoms with Crippen molar-refractivity contribution in [3.63, 3.8) is 0 Å². The van der Waals surface area contributed by atoms with E-state index in [1.54, 1.807) is 11.3 Å². The van der Waals surface area contributed by atoms with Gasteiger partial charge in [-0.15, -0.1) is 11.3 Å². The number of hydrogen-bond donors (Lipinski definition) is 1. The molecule has 0 bridgehead atoms. The summed E-state index contributed by atoms with van der Waals surface area (Å²) in [5, 5.41) is 5.57. The fraction of sp³-hybridized carbons (Fsp3) is 0.750. The number of thiazole rings is 1. The summed E-state index contributed by atoms with van der Waals surface area (Å²) in [6, 6.07) is 0. The van der Waals surface area contributed by atoms with Crippen molar-refractivity contribution in [1.82, 2.24) is 20.1 Å². The van der Waals surface area contributed by atoms with Gasteiger partial charge in [0.25, 0.3) is 0 Å². The number of hydrogen-bond acceptors (Lipinski definition) is 5. The Morgan fingerprint density at radius 2 is 2.41 bits per heavy atom. The molecule has 4 nitrogen and oxygen atoms in total. The third-order valence-electron chi connectivity index (χ3n) is 3.15. The van der Waals surface area contributed by atoms with Gasteiger partial charge in [0.1, 0.15) is 0 Å². The van der Waals surface area contributed by atoms with Crippen molar-refractivity contribution in [3.8, 4) is 0 Å². The lowest BCUT2D eigenvalue weighted by Crippen LogP contribution is -2.35. The topological polar surface area (TPSA) is 31.4 Å². The molecule has 2 heterocycles. The van der Waals surface area contributed by atoms with Crippen LogP contribution in [0.1, 0.15) is 12.1 Å². The van der Waals surface area contributed by atoms with Crippen LogP contribution in [0.5, 0.6) is 0 Å². The van der Waals surface area contributed by atoms with Gasteiger partial charge in [-0.1, -0.05) is 0 Å². The summed E-state index contributed by atoms with van der Waals surface area (Å²) in [6.45, 7) is 7.98. The molecule has 5 heteroatoms. The van der Waals surface area contributed by atoms with Crippen molar-refractivity contribution in [2.75, 3.05) is 46.3 Å². The summed E-state index contributed by atoms with van der Waals surface area (Å²) >= 11 is 1.67. The van der Waals surface area contributed by atoms with Gasteiger partial charge < -0.3 is 10.2 Å². The molecular formula is C12H22N4S. The summed E-state index contributed by atoms with van der Waals surface area (Å²) in [5.41, 5.74) is 3.10. The van der Waals surface area contributed by atoms with Gasteiger partial charge in [0.2, 0.25) is 0 Å². The van der Waals surface area contributed by atoms with E-state index in [-0.39, 0.29) is 0 Å². The molecular weight excluding hydrogens is 232 g/mol. The first-order chi connectivity index (χ1) is 8.34. The Morgan fingerprint density at radius 3 is 3.24 bits per heavy atom. The minimum atomic E-state index is 0.968. The van der Waals surface area contributed by atoms with Crippen molar-refractivity contribution < 1.29 is 0 Å². The smallest absolute Gasteiger partial charge is 0.0795 e. The molecule has 0 unspecified atom stereocenters. The van der Waals surface area contributed by atoms with Crippen LogP contribution >= 0.6 is 11.3 Å². The number of nitrogens with one attached hydrogen (secondary N) is 1. The first-order valence-electron chi connectivity index (χ1n) is 6.33. The number of aromatic nitrogens is 1. The van der Waals surface area contributed by atoms with Gasteiger partial charge in [-0.3, -0.25) is 4.90 Å². The highest BCUT2D eigenvalue weighted by atomic mass is 32.1. The zero-order valence-electron chi connectivity index (χ0n) is 10.6. The summed E-state index contributed by atoms with van der Waals surface area (Å²) < 4.78 is 0. The second-order valence-corrected chi connectivity index (χ2v) is 5.38. The molecule has 1 aliphatic heterocycles. The predicted molar refractivity (Wildman–Crippen MR) is 72.4 cm³/mol. The van der Waals surface area contributed by atoms with Crippen LogP contribution in [-0.2, 0) is 6.54 Å². The van der Waals surface area contributed by atoms with Crippen LogP contribution in [0.4, 0.5) is 0 Å². The van der Waals surface area contributed by atoms with E-state index < -0.39 is 0 Å². The van der Waals surface area contributed by atoms with E-state index in [2.05, 4.69) is 32.5 Å². The second-order valence-electron chi connectivity index (χ2n) is 4.66. The number of likely N-dealkylation sites (N-methyl/N-ethyl adjacent to an activating group) is 1. The average molecular weight is 254 g/mol. The maximum Gasteiger partial charge on any atom is 0.0795 e. The normalized spacial score (nSPS) is 18.5. The van der Waals surface area contributed by atoms with E-state index in [9.17, 15) is 0 Å². The minimum absolute atomic E-state index is 0.968. The summed E-state index contributed by atoms with van der Waals surface area (Å²) in [6.07, 6.45) is 1.27. The summed E-state index contributed by atoms with van der Waals surface area (Å²) in [4.78, 5) is 9.23. The van der Waals surface area contributed by atoms with E-state index >= 15 is 0 Å². The van der Waals surface area contributed by atoms with Crippen LogP contribution in [-0.4, -0.2) is 61.1 Å². The lowest BCUT2D eigenvalue weighted by molar-refractivity contribution is 0.230. The van der Waals surface area contributed by atoms with E-state index in [0.717, 1.165) is 19.6 Å². The Kier molecular flexibility index (Phi) is 5.38. The molecule has 96 valence electrons. The average Bonchev–Trinajstić information content (AvgIpc) is 2.68. The molecule has 0 spiro atoms. The molecule has 1 aromatic rings. The minimum Gasteiger partial charge on any atom is -0.315 e. The molecule has 1 fully saturated rings. The highest BCUT2D eigenvalue weighted by Gasteiger charge is 2.09. The quantitative estimate of drug-likeness (QED) is 0.845. The fourth-order valence-electron chi connectivity index (χ4n) is 2.11. The standard InChI is InChI=1S/C12H22N4S/c1-15(9-12-10-17-11-14-12)7-8-16-5-2-3-13-4-6-16/h10-11,13H,2-9H2,1H3. The van der Waals surface area contributed by atoms with Crippen LogP contribution < -0.4 is 5.32 Å². The third kappa shape index (κ3) is 4.71. The van der Waals surface area contributed by atoms with Gasteiger partial charge in [-0.05, 0) is 26.6 Å². The first-order valence-corrected chi connectivity index (χ1v) is 7.27. The SMILES string of the molecule is CN(CCN1CCCNCC1)Cc1cscn1. The van der Waals surface area contributed by atoms with Gasteiger partial charge in [-0.2, -0.15) is 0 Å². The maximum atomic E-state index is 4.32. The lowest BCUT2D eigenvalue weighted by atomic mass is 10.3. The Morgan fingerprint density at radius 1 is 1.47 bits per heavy atom. The molecule has 17 heavy (non-hydrogen) atoms. The molecule has 2 rings (SSSR count). The molecule has 0 radical (unpaired) electrons. The molecule has 1 aromatic heterocycles. The van der Waals surface area contributed by atoms with E-state index in [1.165, 1.54) is 38.3 Å². The Balaban J connectivity index is 1.66. The van der Waals surface area contributed by atoms with Crippen molar-refractivity contribution in [2.45, 2.75) is 13.0 Å². The first kappa shape index (κ1) is 13.0. The Labute approximate surface area is 108 Å².